The van der Waals surface area contributed by atoms with Crippen LogP contribution >= 0.6 is 0 Å². The Hall–Kier alpha value is -2.96. The lowest BCUT2D eigenvalue weighted by Gasteiger charge is -2.27. The van der Waals surface area contributed by atoms with Gasteiger partial charge in [0.25, 0.3) is 0 Å². The number of hydrogen-bond donors (Lipinski definition) is 1. The van der Waals surface area contributed by atoms with E-state index < -0.39 is 23.2 Å². The molecule has 0 saturated carbocycles. The van der Waals surface area contributed by atoms with Crippen molar-refractivity contribution in [1.82, 2.24) is 25.5 Å². The predicted octanol–water partition coefficient (Wildman–Crippen LogP) is 2.41. The van der Waals surface area contributed by atoms with Gasteiger partial charge in [-0.1, -0.05) is 26.0 Å². The minimum Gasteiger partial charge on any atom is -0.336 e. The zero-order valence-electron chi connectivity index (χ0n) is 14.4. The van der Waals surface area contributed by atoms with E-state index in [0.717, 1.165) is 16.9 Å². The third-order valence-corrected chi connectivity index (χ3v) is 3.97. The molecule has 0 spiro atoms. The molecule has 26 heavy (non-hydrogen) atoms. The molecule has 0 aliphatic heterocycles. The van der Waals surface area contributed by atoms with E-state index in [1.807, 2.05) is 6.07 Å². The fraction of sp³-hybridized carbons (Fsp3) is 0.438. The number of benzene rings is 1. The van der Waals surface area contributed by atoms with Crippen LogP contribution in [0, 0.1) is 17.2 Å². The lowest BCUT2D eigenvalue weighted by atomic mass is 9.90. The molecular formula is C16H17F3N6O. The van der Waals surface area contributed by atoms with Crippen molar-refractivity contribution in [3.8, 4) is 17.5 Å². The smallest absolute Gasteiger partial charge is 0.336 e. The van der Waals surface area contributed by atoms with Crippen molar-refractivity contribution >= 4 is 5.91 Å². The fourth-order valence-corrected chi connectivity index (χ4v) is 2.02. The molecule has 10 heteroatoms. The Balaban J connectivity index is 2.14. The number of nitriles is 1. The maximum atomic E-state index is 12.8. The number of aromatic nitrogens is 4. The van der Waals surface area contributed by atoms with Crippen LogP contribution in [0.25, 0.3) is 11.4 Å². The number of hydrogen-bond acceptors (Lipinski definition) is 5. The number of halogens is 3. The van der Waals surface area contributed by atoms with Crippen molar-refractivity contribution in [1.29, 1.82) is 5.26 Å². The van der Waals surface area contributed by atoms with E-state index in [1.54, 1.807) is 20.8 Å². The van der Waals surface area contributed by atoms with Gasteiger partial charge in [-0.2, -0.15) is 23.2 Å². The van der Waals surface area contributed by atoms with Gasteiger partial charge in [0.1, 0.15) is 12.1 Å². The van der Waals surface area contributed by atoms with Gasteiger partial charge in [0.15, 0.2) is 0 Å². The van der Waals surface area contributed by atoms with Gasteiger partial charge < -0.3 is 5.32 Å². The average Bonchev–Trinajstić information content (AvgIpc) is 3.02. The standard InChI is InChI=1S/C16H17F3N6O/c1-10(2)15(3,9-20)21-13(26)8-25-23-14(22-24-25)11-5-4-6-12(7-11)16(17,18)19/h4-7,10H,8H2,1-3H3,(H,21,26)/t15-/m1/s1. The molecular weight excluding hydrogens is 349 g/mol. The lowest BCUT2D eigenvalue weighted by molar-refractivity contribution is -0.137. The monoisotopic (exact) mass is 366 g/mol. The Bertz CT molecular complexity index is 839. The van der Waals surface area contributed by atoms with Crippen LogP contribution in [0.15, 0.2) is 24.3 Å². The number of alkyl halides is 3. The largest absolute Gasteiger partial charge is 0.416 e. The first-order valence-electron chi connectivity index (χ1n) is 7.73. The Morgan fingerprint density at radius 1 is 1.38 bits per heavy atom. The first-order valence-corrected chi connectivity index (χ1v) is 7.73. The second-order valence-corrected chi connectivity index (χ2v) is 6.24. The Morgan fingerprint density at radius 2 is 2.08 bits per heavy atom. The molecule has 1 aromatic heterocycles. The van der Waals surface area contributed by atoms with E-state index in [4.69, 9.17) is 0 Å². The SMILES string of the molecule is CC(C)[C@@](C)(C#N)NC(=O)Cn1nnc(-c2cccc(C(F)(F)F)c2)n1. The van der Waals surface area contributed by atoms with Gasteiger partial charge in [-0.05, 0) is 30.2 Å². The summed E-state index contributed by atoms with van der Waals surface area (Å²) >= 11 is 0. The number of amides is 1. The van der Waals surface area contributed by atoms with Gasteiger partial charge >= 0.3 is 6.18 Å². The number of carbonyl (C=O) groups excluding carboxylic acids is 1. The summed E-state index contributed by atoms with van der Waals surface area (Å²) in [5.41, 5.74) is -1.75. The number of carbonyl (C=O) groups is 1. The van der Waals surface area contributed by atoms with E-state index >= 15 is 0 Å². The zero-order chi connectivity index (χ0) is 19.5. The first kappa shape index (κ1) is 19.4. The van der Waals surface area contributed by atoms with Crippen molar-refractivity contribution in [2.45, 2.75) is 39.0 Å². The zero-order valence-corrected chi connectivity index (χ0v) is 14.4. The number of tetrazole rings is 1. The fourth-order valence-electron chi connectivity index (χ4n) is 2.02. The average molecular weight is 366 g/mol. The van der Waals surface area contributed by atoms with Crippen molar-refractivity contribution < 1.29 is 18.0 Å². The van der Waals surface area contributed by atoms with Gasteiger partial charge in [0.2, 0.25) is 11.7 Å². The summed E-state index contributed by atoms with van der Waals surface area (Å²) in [6.45, 7) is 4.88. The Morgan fingerprint density at radius 3 is 2.65 bits per heavy atom. The molecule has 0 fully saturated rings. The number of rotatable bonds is 5. The van der Waals surface area contributed by atoms with Gasteiger partial charge in [-0.15, -0.1) is 10.2 Å². The first-order chi connectivity index (χ1) is 12.0. The van der Waals surface area contributed by atoms with Crippen LogP contribution in [-0.2, 0) is 17.5 Å². The highest BCUT2D eigenvalue weighted by Crippen LogP contribution is 2.31. The van der Waals surface area contributed by atoms with E-state index in [2.05, 4.69) is 20.7 Å². The molecule has 7 nitrogen and oxygen atoms in total. The van der Waals surface area contributed by atoms with E-state index in [9.17, 15) is 23.2 Å². The van der Waals surface area contributed by atoms with E-state index in [-0.39, 0.29) is 23.9 Å². The molecule has 1 N–H and O–H groups in total. The maximum Gasteiger partial charge on any atom is 0.416 e. The minimum absolute atomic E-state index is 0.0317. The summed E-state index contributed by atoms with van der Waals surface area (Å²) in [5.74, 6) is -0.660. The molecule has 2 rings (SSSR count). The molecule has 1 aromatic carbocycles. The summed E-state index contributed by atoms with van der Waals surface area (Å²) in [5, 5.41) is 23.1. The summed E-state index contributed by atoms with van der Waals surface area (Å²) in [6, 6.07) is 6.55. The molecule has 138 valence electrons. The summed E-state index contributed by atoms with van der Waals surface area (Å²) < 4.78 is 38.3. The highest BCUT2D eigenvalue weighted by molar-refractivity contribution is 5.77. The highest BCUT2D eigenvalue weighted by atomic mass is 19.4. The third-order valence-electron chi connectivity index (χ3n) is 3.97. The second kappa shape index (κ2) is 7.11. The van der Waals surface area contributed by atoms with Crippen molar-refractivity contribution in [3.05, 3.63) is 29.8 Å². The minimum atomic E-state index is -4.48. The van der Waals surface area contributed by atoms with Gasteiger partial charge in [0.05, 0.1) is 11.6 Å². The molecule has 0 unspecified atom stereocenters. The van der Waals surface area contributed by atoms with Crippen LogP contribution in [-0.4, -0.2) is 31.7 Å². The second-order valence-electron chi connectivity index (χ2n) is 6.24. The summed E-state index contributed by atoms with van der Waals surface area (Å²) in [6.07, 6.45) is -4.48. The number of nitrogens with zero attached hydrogens (tertiary/aromatic N) is 5. The van der Waals surface area contributed by atoms with Crippen molar-refractivity contribution in [2.24, 2.45) is 5.92 Å². The molecule has 2 aromatic rings. The van der Waals surface area contributed by atoms with Gasteiger partial charge in [0, 0.05) is 5.56 Å². The molecule has 0 radical (unpaired) electrons. The summed E-state index contributed by atoms with van der Waals surface area (Å²) in [7, 11) is 0. The molecule has 0 aliphatic carbocycles. The van der Waals surface area contributed by atoms with Crippen LogP contribution < -0.4 is 5.32 Å². The summed E-state index contributed by atoms with van der Waals surface area (Å²) in [4.78, 5) is 13.0. The molecule has 0 saturated heterocycles. The molecule has 1 atom stereocenters. The van der Waals surface area contributed by atoms with E-state index in [1.165, 1.54) is 12.1 Å². The van der Waals surface area contributed by atoms with Crippen LogP contribution in [0.4, 0.5) is 13.2 Å². The molecule has 0 bridgehead atoms. The molecule has 1 amide bonds. The Kier molecular flexibility index (Phi) is 5.30. The van der Waals surface area contributed by atoms with Crippen molar-refractivity contribution in [3.63, 3.8) is 0 Å². The third kappa shape index (κ3) is 4.36. The topological polar surface area (TPSA) is 96.5 Å². The molecule has 1 heterocycles. The normalized spacial score (nSPS) is 13.9. The quantitative estimate of drug-likeness (QED) is 0.877. The number of nitrogens with one attached hydrogen (secondary N) is 1. The van der Waals surface area contributed by atoms with Crippen LogP contribution in [0.1, 0.15) is 26.3 Å². The predicted molar refractivity (Wildman–Crippen MR) is 85.3 cm³/mol. The van der Waals surface area contributed by atoms with Crippen molar-refractivity contribution in [2.75, 3.05) is 0 Å². The highest BCUT2D eigenvalue weighted by Gasteiger charge is 2.31. The van der Waals surface area contributed by atoms with Crippen LogP contribution in [0.2, 0.25) is 0 Å². The van der Waals surface area contributed by atoms with Gasteiger partial charge in [-0.25, -0.2) is 0 Å². The van der Waals surface area contributed by atoms with Crippen LogP contribution in [0.3, 0.4) is 0 Å². The lowest BCUT2D eigenvalue weighted by Crippen LogP contribution is -2.50. The molecule has 0 aliphatic rings. The van der Waals surface area contributed by atoms with Gasteiger partial charge in [-0.3, -0.25) is 4.79 Å². The Labute approximate surface area is 147 Å². The van der Waals surface area contributed by atoms with Crippen LogP contribution in [0.5, 0.6) is 0 Å². The maximum absolute atomic E-state index is 12.8. The van der Waals surface area contributed by atoms with E-state index in [0.29, 0.717) is 0 Å².